The molecule has 2 rings (SSSR count). The lowest BCUT2D eigenvalue weighted by Crippen LogP contribution is -2.30. The van der Waals surface area contributed by atoms with Crippen molar-refractivity contribution in [2.24, 2.45) is 5.73 Å². The van der Waals surface area contributed by atoms with Crippen molar-refractivity contribution in [3.8, 4) is 0 Å². The Morgan fingerprint density at radius 3 is 2.56 bits per heavy atom. The Hall–Kier alpha value is -0.450. The van der Waals surface area contributed by atoms with Gasteiger partial charge in [-0.05, 0) is 25.7 Å². The minimum atomic E-state index is 0.131. The molecular weight excluding hydrogens is 244 g/mol. The smallest absolute Gasteiger partial charge is 0.119 e. The van der Waals surface area contributed by atoms with Crippen LogP contribution in [0.15, 0.2) is 5.38 Å². The largest absolute Gasteiger partial charge is 0.371 e. The van der Waals surface area contributed by atoms with E-state index in [1.807, 2.05) is 0 Å². The monoisotopic (exact) mass is 268 g/mol. The van der Waals surface area contributed by atoms with E-state index in [4.69, 9.17) is 10.5 Å². The number of rotatable bonds is 3. The zero-order chi connectivity index (χ0) is 13.2. The highest BCUT2D eigenvalue weighted by molar-refractivity contribution is 7.09. The summed E-state index contributed by atoms with van der Waals surface area (Å²) in [6, 6.07) is 0.386. The van der Waals surface area contributed by atoms with Gasteiger partial charge in [0.05, 0.1) is 18.4 Å². The minimum absolute atomic E-state index is 0.131. The fraction of sp³-hybridized carbons (Fsp3) is 0.786. The average molecular weight is 268 g/mol. The van der Waals surface area contributed by atoms with E-state index >= 15 is 0 Å². The molecule has 0 amide bonds. The molecule has 1 aromatic rings. The van der Waals surface area contributed by atoms with E-state index < -0.39 is 0 Å². The highest BCUT2D eigenvalue weighted by Gasteiger charge is 2.20. The summed E-state index contributed by atoms with van der Waals surface area (Å²) in [5.41, 5.74) is 7.18. The van der Waals surface area contributed by atoms with Gasteiger partial charge >= 0.3 is 0 Å². The lowest BCUT2D eigenvalue weighted by Gasteiger charge is -2.25. The summed E-state index contributed by atoms with van der Waals surface area (Å²) < 4.78 is 5.94. The summed E-state index contributed by atoms with van der Waals surface area (Å²) in [5, 5.41) is 3.24. The average Bonchev–Trinajstić information content (AvgIpc) is 2.77. The standard InChI is InChI=1S/C14H24N2OS/c1-14(2,3)12-9-18-13(16-12)8-17-11-6-4-10(15)5-7-11/h9-11H,4-8,15H2,1-3H3. The molecule has 2 N–H and O–H groups in total. The van der Waals surface area contributed by atoms with Crippen LogP contribution in [-0.4, -0.2) is 17.1 Å². The van der Waals surface area contributed by atoms with Gasteiger partial charge in [-0.2, -0.15) is 0 Å². The van der Waals surface area contributed by atoms with Crippen LogP contribution in [0.5, 0.6) is 0 Å². The van der Waals surface area contributed by atoms with Crippen LogP contribution >= 0.6 is 11.3 Å². The molecule has 0 spiro atoms. The van der Waals surface area contributed by atoms with Crippen LogP contribution in [0.4, 0.5) is 0 Å². The van der Waals surface area contributed by atoms with Gasteiger partial charge < -0.3 is 10.5 Å². The number of thiazole rings is 1. The normalized spacial score (nSPS) is 25.3. The molecule has 1 saturated carbocycles. The van der Waals surface area contributed by atoms with Gasteiger partial charge in [0.2, 0.25) is 0 Å². The topological polar surface area (TPSA) is 48.1 Å². The van der Waals surface area contributed by atoms with E-state index in [1.54, 1.807) is 11.3 Å². The third-order valence-electron chi connectivity index (χ3n) is 3.48. The number of hydrogen-bond donors (Lipinski definition) is 1. The molecule has 4 heteroatoms. The Morgan fingerprint density at radius 1 is 1.33 bits per heavy atom. The van der Waals surface area contributed by atoms with Gasteiger partial charge in [0.1, 0.15) is 5.01 Å². The van der Waals surface area contributed by atoms with Gasteiger partial charge in [0.25, 0.3) is 0 Å². The highest BCUT2D eigenvalue weighted by Crippen LogP contribution is 2.25. The maximum absolute atomic E-state index is 5.94. The van der Waals surface area contributed by atoms with Crippen molar-refractivity contribution in [2.75, 3.05) is 0 Å². The summed E-state index contributed by atoms with van der Waals surface area (Å²) in [7, 11) is 0. The quantitative estimate of drug-likeness (QED) is 0.915. The molecule has 0 aromatic carbocycles. The molecule has 0 radical (unpaired) electrons. The number of aromatic nitrogens is 1. The molecule has 1 fully saturated rings. The SMILES string of the molecule is CC(C)(C)c1csc(COC2CCC(N)CC2)n1. The molecule has 1 aromatic heterocycles. The van der Waals surface area contributed by atoms with E-state index in [1.165, 1.54) is 0 Å². The number of nitrogens with two attached hydrogens (primary N) is 1. The van der Waals surface area contributed by atoms with E-state index in [2.05, 4.69) is 31.1 Å². The van der Waals surface area contributed by atoms with Gasteiger partial charge in [0.15, 0.2) is 0 Å². The van der Waals surface area contributed by atoms with Crippen molar-refractivity contribution < 1.29 is 4.74 Å². The second-order valence-electron chi connectivity index (χ2n) is 6.22. The van der Waals surface area contributed by atoms with Crippen LogP contribution < -0.4 is 5.73 Å². The Balaban J connectivity index is 1.82. The first-order valence-electron chi connectivity index (χ1n) is 6.77. The third-order valence-corrected chi connectivity index (χ3v) is 4.30. The Labute approximate surface area is 114 Å². The van der Waals surface area contributed by atoms with E-state index in [0.717, 1.165) is 36.4 Å². The molecule has 1 heterocycles. The molecule has 3 nitrogen and oxygen atoms in total. The second-order valence-corrected chi connectivity index (χ2v) is 7.17. The second kappa shape index (κ2) is 5.68. The van der Waals surface area contributed by atoms with Crippen LogP contribution in [0, 0.1) is 0 Å². The molecule has 0 aliphatic heterocycles. The fourth-order valence-corrected chi connectivity index (χ4v) is 3.11. The lowest BCUT2D eigenvalue weighted by atomic mass is 9.93. The van der Waals surface area contributed by atoms with Gasteiger partial charge in [-0.3, -0.25) is 0 Å². The molecule has 0 saturated heterocycles. The van der Waals surface area contributed by atoms with Crippen LogP contribution in [0.1, 0.15) is 57.2 Å². The van der Waals surface area contributed by atoms with Crippen LogP contribution in [0.2, 0.25) is 0 Å². The van der Waals surface area contributed by atoms with Crippen molar-refractivity contribution in [1.82, 2.24) is 4.98 Å². The van der Waals surface area contributed by atoms with Gasteiger partial charge in [-0.25, -0.2) is 4.98 Å². The molecular formula is C14H24N2OS. The lowest BCUT2D eigenvalue weighted by molar-refractivity contribution is 0.0136. The Morgan fingerprint density at radius 2 is 2.00 bits per heavy atom. The summed E-state index contributed by atoms with van der Waals surface area (Å²) in [6.45, 7) is 7.22. The molecule has 102 valence electrons. The van der Waals surface area contributed by atoms with Crippen molar-refractivity contribution in [2.45, 2.75) is 70.6 Å². The van der Waals surface area contributed by atoms with Crippen molar-refractivity contribution >= 4 is 11.3 Å². The van der Waals surface area contributed by atoms with Crippen molar-refractivity contribution in [1.29, 1.82) is 0 Å². The summed E-state index contributed by atoms with van der Waals surface area (Å²) in [4.78, 5) is 4.65. The predicted molar refractivity (Wildman–Crippen MR) is 75.8 cm³/mol. The molecule has 0 bridgehead atoms. The molecule has 1 aliphatic carbocycles. The molecule has 0 atom stereocenters. The van der Waals surface area contributed by atoms with E-state index in [0.29, 0.717) is 18.8 Å². The molecule has 0 unspecified atom stereocenters. The first-order chi connectivity index (χ1) is 8.45. The first-order valence-corrected chi connectivity index (χ1v) is 7.65. The number of ether oxygens (including phenoxy) is 1. The maximum atomic E-state index is 5.94. The summed E-state index contributed by atoms with van der Waals surface area (Å²) in [5.74, 6) is 0. The van der Waals surface area contributed by atoms with Crippen LogP contribution in [0.3, 0.4) is 0 Å². The number of hydrogen-bond acceptors (Lipinski definition) is 4. The van der Waals surface area contributed by atoms with Gasteiger partial charge in [0, 0.05) is 16.8 Å². The summed E-state index contributed by atoms with van der Waals surface area (Å²) >= 11 is 1.70. The van der Waals surface area contributed by atoms with Crippen molar-refractivity contribution in [3.63, 3.8) is 0 Å². The Kier molecular flexibility index (Phi) is 4.41. The van der Waals surface area contributed by atoms with Crippen LogP contribution in [-0.2, 0) is 16.8 Å². The zero-order valence-corrected chi connectivity index (χ0v) is 12.4. The fourth-order valence-electron chi connectivity index (χ4n) is 2.17. The van der Waals surface area contributed by atoms with Gasteiger partial charge in [-0.1, -0.05) is 20.8 Å². The van der Waals surface area contributed by atoms with Crippen LogP contribution in [0.25, 0.3) is 0 Å². The molecule has 18 heavy (non-hydrogen) atoms. The first kappa shape index (κ1) is 14.0. The predicted octanol–water partition coefficient (Wildman–Crippen LogP) is 3.23. The van der Waals surface area contributed by atoms with E-state index in [9.17, 15) is 0 Å². The Bertz CT molecular complexity index is 375. The van der Waals surface area contributed by atoms with Gasteiger partial charge in [-0.15, -0.1) is 11.3 Å². The summed E-state index contributed by atoms with van der Waals surface area (Å²) in [6.07, 6.45) is 4.76. The third kappa shape index (κ3) is 3.77. The molecule has 1 aliphatic rings. The highest BCUT2D eigenvalue weighted by atomic mass is 32.1. The van der Waals surface area contributed by atoms with E-state index in [-0.39, 0.29) is 5.41 Å². The van der Waals surface area contributed by atoms with Crippen molar-refractivity contribution in [3.05, 3.63) is 16.1 Å². The maximum Gasteiger partial charge on any atom is 0.119 e. The zero-order valence-electron chi connectivity index (χ0n) is 11.6. The number of nitrogens with zero attached hydrogens (tertiary/aromatic N) is 1. The minimum Gasteiger partial charge on any atom is -0.371 e.